The molecule has 0 atom stereocenters. The van der Waals surface area contributed by atoms with E-state index in [9.17, 15) is 0 Å². The fraction of sp³-hybridized carbons (Fsp3) is 0.429. The van der Waals surface area contributed by atoms with Crippen LogP contribution < -0.4 is 10.5 Å². The van der Waals surface area contributed by atoms with Gasteiger partial charge in [-0.3, -0.25) is 0 Å². The molecule has 0 fully saturated rings. The molecular weight excluding hydrogens is 230 g/mol. The van der Waals surface area contributed by atoms with Crippen molar-refractivity contribution in [1.29, 1.82) is 0 Å². The summed E-state index contributed by atoms with van der Waals surface area (Å²) in [5.41, 5.74) is 7.57. The van der Waals surface area contributed by atoms with Crippen LogP contribution in [0, 0.1) is 11.8 Å². The molecule has 0 heterocycles. The lowest BCUT2D eigenvalue weighted by atomic mass is 10.1. The van der Waals surface area contributed by atoms with Crippen molar-refractivity contribution in [3.63, 3.8) is 0 Å². The maximum absolute atomic E-state index is 5.37. The second kappa shape index (κ2) is 8.05. The van der Waals surface area contributed by atoms with Crippen LogP contribution >= 0.6 is 11.8 Å². The Morgan fingerprint density at radius 2 is 2.24 bits per heavy atom. The van der Waals surface area contributed by atoms with Gasteiger partial charge in [0, 0.05) is 16.9 Å². The predicted octanol–water partition coefficient (Wildman–Crippen LogP) is 2.65. The standard InChI is InChI=1S/C14H19NOS/c1-3-9-17-11-13-10-12(5-4-8-15)6-7-14(13)16-2/h6-7,10H,3,8-9,11,15H2,1-2H3. The summed E-state index contributed by atoms with van der Waals surface area (Å²) in [6.45, 7) is 2.58. The van der Waals surface area contributed by atoms with E-state index >= 15 is 0 Å². The minimum Gasteiger partial charge on any atom is -0.496 e. The van der Waals surface area contributed by atoms with Gasteiger partial charge in [0.1, 0.15) is 5.75 Å². The Labute approximate surface area is 108 Å². The van der Waals surface area contributed by atoms with Crippen molar-refractivity contribution in [2.24, 2.45) is 5.73 Å². The number of hydrogen-bond donors (Lipinski definition) is 1. The Morgan fingerprint density at radius 3 is 2.88 bits per heavy atom. The van der Waals surface area contributed by atoms with E-state index in [-0.39, 0.29) is 0 Å². The second-order valence-corrected chi connectivity index (χ2v) is 4.69. The molecule has 1 aromatic carbocycles. The van der Waals surface area contributed by atoms with Gasteiger partial charge in [-0.25, -0.2) is 0 Å². The first kappa shape index (κ1) is 14.0. The minimum absolute atomic E-state index is 0.395. The molecule has 0 saturated heterocycles. The summed E-state index contributed by atoms with van der Waals surface area (Å²) in [6, 6.07) is 6.03. The Kier molecular flexibility index (Phi) is 6.61. The fourth-order valence-electron chi connectivity index (χ4n) is 1.45. The normalized spacial score (nSPS) is 9.59. The molecule has 17 heavy (non-hydrogen) atoms. The Hall–Kier alpha value is -1.11. The SMILES string of the molecule is CCCSCc1cc(C#CCN)ccc1OC. The van der Waals surface area contributed by atoms with Gasteiger partial charge in [0.2, 0.25) is 0 Å². The molecule has 3 heteroatoms. The van der Waals surface area contributed by atoms with Gasteiger partial charge < -0.3 is 10.5 Å². The molecule has 0 amide bonds. The van der Waals surface area contributed by atoms with E-state index in [4.69, 9.17) is 10.5 Å². The van der Waals surface area contributed by atoms with Crippen LogP contribution in [-0.2, 0) is 5.75 Å². The molecule has 1 aromatic rings. The fourth-order valence-corrected chi connectivity index (χ4v) is 2.33. The maximum Gasteiger partial charge on any atom is 0.122 e. The zero-order chi connectivity index (χ0) is 12.5. The van der Waals surface area contributed by atoms with Crippen molar-refractivity contribution in [3.05, 3.63) is 29.3 Å². The number of benzene rings is 1. The average molecular weight is 249 g/mol. The van der Waals surface area contributed by atoms with Crippen LogP contribution in [0.2, 0.25) is 0 Å². The molecule has 0 radical (unpaired) electrons. The smallest absolute Gasteiger partial charge is 0.122 e. The van der Waals surface area contributed by atoms with Gasteiger partial charge in [-0.05, 0) is 30.4 Å². The molecule has 92 valence electrons. The van der Waals surface area contributed by atoms with Crippen LogP contribution in [0.3, 0.4) is 0 Å². The van der Waals surface area contributed by atoms with Crippen molar-refractivity contribution in [1.82, 2.24) is 0 Å². The summed E-state index contributed by atoms with van der Waals surface area (Å²) >= 11 is 1.92. The van der Waals surface area contributed by atoms with Gasteiger partial charge >= 0.3 is 0 Å². The molecular formula is C14H19NOS. The van der Waals surface area contributed by atoms with E-state index in [1.807, 2.05) is 23.9 Å². The number of ether oxygens (including phenoxy) is 1. The van der Waals surface area contributed by atoms with Crippen LogP contribution in [0.15, 0.2) is 18.2 Å². The van der Waals surface area contributed by atoms with Crippen LogP contribution in [0.5, 0.6) is 5.75 Å². The minimum atomic E-state index is 0.395. The largest absolute Gasteiger partial charge is 0.496 e. The molecule has 1 rings (SSSR count). The summed E-state index contributed by atoms with van der Waals surface area (Å²) in [6.07, 6.45) is 1.19. The number of thioether (sulfide) groups is 1. The highest BCUT2D eigenvalue weighted by Gasteiger charge is 2.03. The number of methoxy groups -OCH3 is 1. The van der Waals surface area contributed by atoms with Crippen molar-refractivity contribution in [2.75, 3.05) is 19.4 Å². The third-order valence-electron chi connectivity index (χ3n) is 2.22. The summed E-state index contributed by atoms with van der Waals surface area (Å²) in [5, 5.41) is 0. The molecule has 0 bridgehead atoms. The molecule has 0 unspecified atom stereocenters. The first-order chi connectivity index (χ1) is 8.31. The highest BCUT2D eigenvalue weighted by molar-refractivity contribution is 7.98. The van der Waals surface area contributed by atoms with Crippen molar-refractivity contribution < 1.29 is 4.74 Å². The van der Waals surface area contributed by atoms with Crippen molar-refractivity contribution >= 4 is 11.8 Å². The highest BCUT2D eigenvalue weighted by atomic mass is 32.2. The average Bonchev–Trinajstić information content (AvgIpc) is 2.37. The van der Waals surface area contributed by atoms with E-state index in [1.165, 1.54) is 17.7 Å². The number of rotatable bonds is 5. The summed E-state index contributed by atoms with van der Waals surface area (Å²) in [7, 11) is 1.70. The number of nitrogens with two attached hydrogens (primary N) is 1. The Balaban J connectivity index is 2.82. The van der Waals surface area contributed by atoms with Crippen LogP contribution in [-0.4, -0.2) is 19.4 Å². The Bertz CT molecular complexity index is 406. The first-order valence-corrected chi connectivity index (χ1v) is 6.90. The van der Waals surface area contributed by atoms with E-state index in [0.29, 0.717) is 6.54 Å². The molecule has 0 aliphatic carbocycles. The Morgan fingerprint density at radius 1 is 1.41 bits per heavy atom. The lowest BCUT2D eigenvalue weighted by molar-refractivity contribution is 0.411. The van der Waals surface area contributed by atoms with Gasteiger partial charge in [-0.15, -0.1) is 0 Å². The molecule has 0 aromatic heterocycles. The molecule has 0 saturated carbocycles. The van der Waals surface area contributed by atoms with Crippen LogP contribution in [0.25, 0.3) is 0 Å². The van der Waals surface area contributed by atoms with E-state index in [1.54, 1.807) is 7.11 Å². The van der Waals surface area contributed by atoms with E-state index in [2.05, 4.69) is 24.8 Å². The second-order valence-electron chi connectivity index (χ2n) is 3.59. The van der Waals surface area contributed by atoms with Gasteiger partial charge in [-0.2, -0.15) is 11.8 Å². The quantitative estimate of drug-likeness (QED) is 0.643. The zero-order valence-electron chi connectivity index (χ0n) is 10.5. The van der Waals surface area contributed by atoms with Crippen LogP contribution in [0.1, 0.15) is 24.5 Å². The third kappa shape index (κ3) is 4.72. The summed E-state index contributed by atoms with van der Waals surface area (Å²) < 4.78 is 5.35. The third-order valence-corrected chi connectivity index (χ3v) is 3.43. The number of hydrogen-bond acceptors (Lipinski definition) is 3. The molecule has 0 aliphatic heterocycles. The van der Waals surface area contributed by atoms with E-state index < -0.39 is 0 Å². The first-order valence-electron chi connectivity index (χ1n) is 5.75. The summed E-state index contributed by atoms with van der Waals surface area (Å²) in [4.78, 5) is 0. The molecule has 0 spiro atoms. The predicted molar refractivity (Wildman–Crippen MR) is 75.4 cm³/mol. The molecule has 2 N–H and O–H groups in total. The lowest BCUT2D eigenvalue weighted by Crippen LogP contribution is -1.94. The van der Waals surface area contributed by atoms with E-state index in [0.717, 1.165) is 17.1 Å². The maximum atomic E-state index is 5.37. The molecule has 2 nitrogen and oxygen atoms in total. The topological polar surface area (TPSA) is 35.2 Å². The molecule has 0 aliphatic rings. The zero-order valence-corrected chi connectivity index (χ0v) is 11.3. The lowest BCUT2D eigenvalue weighted by Gasteiger charge is -2.08. The van der Waals surface area contributed by atoms with Crippen molar-refractivity contribution in [2.45, 2.75) is 19.1 Å². The van der Waals surface area contributed by atoms with Gasteiger partial charge in [-0.1, -0.05) is 18.8 Å². The van der Waals surface area contributed by atoms with Crippen molar-refractivity contribution in [3.8, 4) is 17.6 Å². The van der Waals surface area contributed by atoms with Gasteiger partial charge in [0.05, 0.1) is 13.7 Å². The monoisotopic (exact) mass is 249 g/mol. The highest BCUT2D eigenvalue weighted by Crippen LogP contribution is 2.24. The summed E-state index contributed by atoms with van der Waals surface area (Å²) in [5.74, 6) is 8.99. The van der Waals surface area contributed by atoms with Gasteiger partial charge in [0.25, 0.3) is 0 Å². The van der Waals surface area contributed by atoms with Crippen LogP contribution in [0.4, 0.5) is 0 Å². The van der Waals surface area contributed by atoms with Gasteiger partial charge in [0.15, 0.2) is 0 Å².